The summed E-state index contributed by atoms with van der Waals surface area (Å²) in [4.78, 5) is 19.2. The molecular weight excluding hydrogens is 457 g/mol. The van der Waals surface area contributed by atoms with Gasteiger partial charge in [-0.2, -0.15) is 0 Å². The van der Waals surface area contributed by atoms with Gasteiger partial charge in [0.2, 0.25) is 5.91 Å². The number of carbonyl (C=O) groups is 1. The topological polar surface area (TPSA) is 74.7 Å². The van der Waals surface area contributed by atoms with E-state index < -0.39 is 17.3 Å². The number of likely N-dealkylation sites (tertiary alicyclic amines) is 1. The van der Waals surface area contributed by atoms with Crippen LogP contribution >= 0.6 is 11.6 Å². The van der Waals surface area contributed by atoms with Crippen LogP contribution in [0.15, 0.2) is 24.4 Å². The highest BCUT2D eigenvalue weighted by atomic mass is 35.5. The summed E-state index contributed by atoms with van der Waals surface area (Å²) < 4.78 is 19.8. The summed E-state index contributed by atoms with van der Waals surface area (Å²) in [6.45, 7) is 7.68. The molecule has 1 amide bonds. The molecule has 3 aliphatic rings. The predicted octanol–water partition coefficient (Wildman–Crippen LogP) is 4.54. The molecule has 5 rings (SSSR count). The molecule has 1 saturated carbocycles. The number of pyridine rings is 1. The Morgan fingerprint density at radius 1 is 1.29 bits per heavy atom. The van der Waals surface area contributed by atoms with Gasteiger partial charge in [0.1, 0.15) is 12.0 Å². The van der Waals surface area contributed by atoms with Crippen molar-refractivity contribution in [2.45, 2.75) is 63.3 Å². The number of rotatable bonds is 5. The standard InChI is InChI=1S/C26H33ClFN3O3/c1-25(2,33)20-11-19(20)24(32)30-23-10-16-8-18(21(27)9-17(16)12-29-23)15-4-6-31(7-5-15)26(3)14-34-13-22(26)28/h8-10,12,15,19-20,22,33H,4-7,11,13-14H2,1-3H3,(H,29,30,32)/t19-,20?,22-,26+/m0/s1. The van der Waals surface area contributed by atoms with E-state index in [0.717, 1.165) is 42.3 Å². The number of hydrogen-bond donors (Lipinski definition) is 2. The van der Waals surface area contributed by atoms with Crippen LogP contribution in [0.4, 0.5) is 10.2 Å². The number of amides is 1. The summed E-state index contributed by atoms with van der Waals surface area (Å²) in [5, 5.41) is 15.7. The molecule has 1 aromatic heterocycles. The van der Waals surface area contributed by atoms with Crippen molar-refractivity contribution in [2.75, 3.05) is 31.6 Å². The summed E-state index contributed by atoms with van der Waals surface area (Å²) in [5.41, 5.74) is -0.304. The molecule has 1 aliphatic carbocycles. The zero-order chi connectivity index (χ0) is 24.3. The van der Waals surface area contributed by atoms with Crippen LogP contribution in [0.3, 0.4) is 0 Å². The third-order valence-corrected chi connectivity index (χ3v) is 8.44. The van der Waals surface area contributed by atoms with Gasteiger partial charge in [-0.3, -0.25) is 9.69 Å². The molecule has 184 valence electrons. The minimum absolute atomic E-state index is 0.0186. The molecule has 0 spiro atoms. The Bertz CT molecular complexity index is 1100. The Balaban J connectivity index is 1.29. The Labute approximate surface area is 204 Å². The molecule has 2 aromatic rings. The van der Waals surface area contributed by atoms with Crippen LogP contribution in [0.1, 0.15) is 51.5 Å². The van der Waals surface area contributed by atoms with Gasteiger partial charge in [0, 0.05) is 22.5 Å². The highest BCUT2D eigenvalue weighted by Crippen LogP contribution is 2.47. The number of alkyl halides is 1. The van der Waals surface area contributed by atoms with Gasteiger partial charge < -0.3 is 15.2 Å². The molecule has 2 saturated heterocycles. The molecule has 8 heteroatoms. The quantitative estimate of drug-likeness (QED) is 0.645. The van der Waals surface area contributed by atoms with Gasteiger partial charge in [-0.15, -0.1) is 0 Å². The van der Waals surface area contributed by atoms with E-state index in [2.05, 4.69) is 21.3 Å². The fourth-order valence-electron chi connectivity index (χ4n) is 5.68. The first-order chi connectivity index (χ1) is 16.1. The molecule has 3 fully saturated rings. The zero-order valence-electron chi connectivity index (χ0n) is 20.0. The van der Waals surface area contributed by atoms with Gasteiger partial charge in [-0.1, -0.05) is 11.6 Å². The number of benzene rings is 1. The lowest BCUT2D eigenvalue weighted by Gasteiger charge is -2.43. The summed E-state index contributed by atoms with van der Waals surface area (Å²) in [6.07, 6.45) is 3.27. The fourth-order valence-corrected chi connectivity index (χ4v) is 6.01. The third-order valence-electron chi connectivity index (χ3n) is 8.11. The van der Waals surface area contributed by atoms with Crippen LogP contribution in [0.2, 0.25) is 5.02 Å². The lowest BCUT2D eigenvalue weighted by Crippen LogP contribution is -2.55. The SMILES string of the molecule is CC(C)(O)C1C[C@@H]1C(=O)Nc1cc2cc(C3CCN([C@]4(C)COC[C@@H]4F)CC3)c(Cl)cc2cn1. The van der Waals surface area contributed by atoms with Crippen LogP contribution in [0.5, 0.6) is 0 Å². The van der Waals surface area contributed by atoms with Crippen LogP contribution in [0.25, 0.3) is 10.8 Å². The highest BCUT2D eigenvalue weighted by molar-refractivity contribution is 6.32. The van der Waals surface area contributed by atoms with Crippen LogP contribution < -0.4 is 5.32 Å². The van der Waals surface area contributed by atoms with E-state index in [1.54, 1.807) is 20.0 Å². The summed E-state index contributed by atoms with van der Waals surface area (Å²) in [7, 11) is 0. The summed E-state index contributed by atoms with van der Waals surface area (Å²) in [6, 6.07) is 5.92. The van der Waals surface area contributed by atoms with Gasteiger partial charge in [0.25, 0.3) is 0 Å². The number of carbonyl (C=O) groups excluding carboxylic acids is 1. The molecule has 2 aliphatic heterocycles. The Hall–Kier alpha value is -1.80. The van der Waals surface area contributed by atoms with Crippen molar-refractivity contribution in [1.29, 1.82) is 0 Å². The maximum absolute atomic E-state index is 14.4. The van der Waals surface area contributed by atoms with Crippen molar-refractivity contribution < 1.29 is 19.0 Å². The van der Waals surface area contributed by atoms with E-state index in [1.807, 2.05) is 19.1 Å². The van der Waals surface area contributed by atoms with Crippen molar-refractivity contribution >= 4 is 34.1 Å². The molecule has 3 heterocycles. The Morgan fingerprint density at radius 3 is 2.65 bits per heavy atom. The van der Waals surface area contributed by atoms with E-state index in [9.17, 15) is 14.3 Å². The van der Waals surface area contributed by atoms with E-state index in [4.69, 9.17) is 16.3 Å². The van der Waals surface area contributed by atoms with Gasteiger partial charge in [0.05, 0.1) is 24.4 Å². The number of piperidine rings is 1. The van der Waals surface area contributed by atoms with E-state index in [-0.39, 0.29) is 24.3 Å². The smallest absolute Gasteiger partial charge is 0.229 e. The molecule has 6 nitrogen and oxygen atoms in total. The second-order valence-electron chi connectivity index (χ2n) is 11.0. The number of ether oxygens (including phenoxy) is 1. The van der Waals surface area contributed by atoms with E-state index in [0.29, 0.717) is 29.8 Å². The number of nitrogens with one attached hydrogen (secondary N) is 1. The number of aliphatic hydroxyl groups is 1. The van der Waals surface area contributed by atoms with Crippen molar-refractivity contribution in [1.82, 2.24) is 9.88 Å². The monoisotopic (exact) mass is 489 g/mol. The van der Waals surface area contributed by atoms with Gasteiger partial charge in [-0.05, 0) is 94.1 Å². The van der Waals surface area contributed by atoms with Gasteiger partial charge in [0.15, 0.2) is 0 Å². The first-order valence-electron chi connectivity index (χ1n) is 12.2. The largest absolute Gasteiger partial charge is 0.390 e. The molecule has 1 unspecified atom stereocenters. The van der Waals surface area contributed by atoms with Crippen LogP contribution in [-0.2, 0) is 9.53 Å². The number of aromatic nitrogens is 1. The molecule has 2 N–H and O–H groups in total. The maximum Gasteiger partial charge on any atom is 0.229 e. The molecule has 0 radical (unpaired) electrons. The van der Waals surface area contributed by atoms with E-state index in [1.165, 1.54) is 0 Å². The number of anilines is 1. The minimum Gasteiger partial charge on any atom is -0.390 e. The molecular formula is C26H33ClFN3O3. The summed E-state index contributed by atoms with van der Waals surface area (Å²) in [5.74, 6) is 0.498. The first kappa shape index (κ1) is 23.9. The average Bonchev–Trinajstić information content (AvgIpc) is 3.54. The Morgan fingerprint density at radius 2 is 2.03 bits per heavy atom. The van der Waals surface area contributed by atoms with E-state index >= 15 is 0 Å². The zero-order valence-corrected chi connectivity index (χ0v) is 20.7. The molecule has 0 bridgehead atoms. The van der Waals surface area contributed by atoms with Crippen molar-refractivity contribution in [3.8, 4) is 0 Å². The number of hydrogen-bond acceptors (Lipinski definition) is 5. The highest BCUT2D eigenvalue weighted by Gasteiger charge is 2.51. The normalized spacial score (nSPS) is 30.6. The van der Waals surface area contributed by atoms with Crippen molar-refractivity contribution in [2.24, 2.45) is 11.8 Å². The molecule has 4 atom stereocenters. The lowest BCUT2D eigenvalue weighted by atomic mass is 9.85. The van der Waals surface area contributed by atoms with Gasteiger partial charge in [-0.25, -0.2) is 9.37 Å². The van der Waals surface area contributed by atoms with Crippen molar-refractivity contribution in [3.05, 3.63) is 35.0 Å². The average molecular weight is 490 g/mol. The predicted molar refractivity (Wildman–Crippen MR) is 131 cm³/mol. The molecule has 34 heavy (non-hydrogen) atoms. The molecule has 1 aromatic carbocycles. The first-order valence-corrected chi connectivity index (χ1v) is 12.5. The van der Waals surface area contributed by atoms with Crippen LogP contribution in [-0.4, -0.2) is 64.5 Å². The third kappa shape index (κ3) is 4.43. The van der Waals surface area contributed by atoms with Crippen molar-refractivity contribution in [3.63, 3.8) is 0 Å². The lowest BCUT2D eigenvalue weighted by molar-refractivity contribution is -0.118. The number of nitrogens with zero attached hydrogens (tertiary/aromatic N) is 2. The Kier molecular flexibility index (Phi) is 6.12. The maximum atomic E-state index is 14.4. The van der Waals surface area contributed by atoms with Crippen LogP contribution in [0, 0.1) is 11.8 Å². The summed E-state index contributed by atoms with van der Waals surface area (Å²) >= 11 is 6.67. The van der Waals surface area contributed by atoms with Gasteiger partial charge >= 0.3 is 0 Å². The second-order valence-corrected chi connectivity index (χ2v) is 11.4. The number of halogens is 2. The second kappa shape index (κ2) is 8.70. The minimum atomic E-state index is -0.955. The fraction of sp³-hybridized carbons (Fsp3) is 0.615. The number of fused-ring (bicyclic) bond motifs is 1.